The van der Waals surface area contributed by atoms with E-state index in [9.17, 15) is 4.57 Å². The molecule has 0 atom stereocenters. The summed E-state index contributed by atoms with van der Waals surface area (Å²) in [5, 5.41) is 0. The van der Waals surface area contributed by atoms with Crippen LogP contribution in [0.2, 0.25) is 0 Å². The van der Waals surface area contributed by atoms with E-state index >= 15 is 0 Å². The van der Waals surface area contributed by atoms with Gasteiger partial charge >= 0.3 is 7.82 Å². The van der Waals surface area contributed by atoms with Crippen LogP contribution in [-0.2, 0) is 11.0 Å². The van der Waals surface area contributed by atoms with E-state index in [0.29, 0.717) is 17.2 Å². The first-order valence-corrected chi connectivity index (χ1v) is 17.5. The van der Waals surface area contributed by atoms with Gasteiger partial charge in [0, 0.05) is 0 Å². The molecular formula is C36H51O4P. The third-order valence-electron chi connectivity index (χ3n) is 7.38. The molecule has 0 aliphatic rings. The van der Waals surface area contributed by atoms with E-state index in [1.54, 1.807) is 24.3 Å². The van der Waals surface area contributed by atoms with Gasteiger partial charge in [-0.15, -0.1) is 0 Å². The monoisotopic (exact) mass is 578 g/mol. The van der Waals surface area contributed by atoms with Crippen molar-refractivity contribution in [2.24, 2.45) is 0 Å². The standard InChI is InChI=1S/C36H51O4P/c1-2-3-4-5-6-7-8-9-10-11-12-13-14-15-16-19-24-33-29-31-36(32-30-33)40-41(37,38-34-25-20-17-21-26-34)39-35-27-22-18-23-28-35/h17-18,20-23,25-32H,2-16,19,24H2,1H3. The van der Waals surface area contributed by atoms with E-state index in [4.69, 9.17) is 13.6 Å². The molecule has 0 unspecified atom stereocenters. The van der Waals surface area contributed by atoms with Crippen LogP contribution in [0.3, 0.4) is 0 Å². The zero-order valence-electron chi connectivity index (χ0n) is 25.2. The fraction of sp³-hybridized carbons (Fsp3) is 0.500. The molecule has 0 spiro atoms. The summed E-state index contributed by atoms with van der Waals surface area (Å²) in [5.41, 5.74) is 1.26. The van der Waals surface area contributed by atoms with Crippen LogP contribution in [0.15, 0.2) is 84.9 Å². The molecule has 0 amide bonds. The van der Waals surface area contributed by atoms with Crippen LogP contribution in [0.1, 0.15) is 115 Å². The van der Waals surface area contributed by atoms with Gasteiger partial charge in [-0.05, 0) is 54.8 Å². The number of para-hydroxylation sites is 2. The van der Waals surface area contributed by atoms with Crippen molar-refractivity contribution in [2.45, 2.75) is 116 Å². The normalized spacial score (nSPS) is 11.3. The zero-order chi connectivity index (χ0) is 28.9. The molecule has 4 nitrogen and oxygen atoms in total. The number of hydrogen-bond acceptors (Lipinski definition) is 4. The van der Waals surface area contributed by atoms with Gasteiger partial charge in [0.15, 0.2) is 0 Å². The minimum atomic E-state index is -3.95. The number of hydrogen-bond donors (Lipinski definition) is 0. The van der Waals surface area contributed by atoms with Crippen molar-refractivity contribution in [3.05, 3.63) is 90.5 Å². The van der Waals surface area contributed by atoms with E-state index < -0.39 is 7.82 Å². The molecule has 5 heteroatoms. The Hall–Kier alpha value is -2.71. The number of aryl methyl sites for hydroxylation is 1. The third-order valence-corrected chi connectivity index (χ3v) is 8.68. The van der Waals surface area contributed by atoms with Gasteiger partial charge in [-0.25, -0.2) is 0 Å². The van der Waals surface area contributed by atoms with Crippen molar-refractivity contribution in [3.8, 4) is 17.2 Å². The second-order valence-electron chi connectivity index (χ2n) is 11.0. The Morgan fingerprint density at radius 2 is 0.780 bits per heavy atom. The number of phosphoric acid groups is 1. The van der Waals surface area contributed by atoms with Gasteiger partial charge in [-0.3, -0.25) is 0 Å². The average molecular weight is 579 g/mol. The van der Waals surface area contributed by atoms with Crippen molar-refractivity contribution >= 4 is 7.82 Å². The Morgan fingerprint density at radius 1 is 0.439 bits per heavy atom. The lowest BCUT2D eigenvalue weighted by Crippen LogP contribution is -2.07. The van der Waals surface area contributed by atoms with Gasteiger partial charge in [0.1, 0.15) is 17.2 Å². The fourth-order valence-electron chi connectivity index (χ4n) is 5.00. The Bertz CT molecular complexity index is 1040. The molecule has 0 saturated carbocycles. The maximum Gasteiger partial charge on any atom is 0.647 e. The van der Waals surface area contributed by atoms with Gasteiger partial charge in [0.2, 0.25) is 0 Å². The number of benzene rings is 3. The van der Waals surface area contributed by atoms with Crippen LogP contribution in [0.4, 0.5) is 0 Å². The van der Waals surface area contributed by atoms with Crippen LogP contribution in [0.25, 0.3) is 0 Å². The summed E-state index contributed by atoms with van der Waals surface area (Å²) in [6, 6.07) is 25.7. The van der Waals surface area contributed by atoms with E-state index in [1.807, 2.05) is 60.7 Å². The van der Waals surface area contributed by atoms with Crippen molar-refractivity contribution in [1.29, 1.82) is 0 Å². The van der Waals surface area contributed by atoms with Gasteiger partial charge < -0.3 is 13.6 Å². The van der Waals surface area contributed by atoms with Gasteiger partial charge in [-0.1, -0.05) is 152 Å². The molecule has 224 valence electrons. The van der Waals surface area contributed by atoms with E-state index in [2.05, 4.69) is 6.92 Å². The first kappa shape index (κ1) is 32.8. The first-order valence-electron chi connectivity index (χ1n) is 16.0. The van der Waals surface area contributed by atoms with E-state index in [0.717, 1.165) is 6.42 Å². The molecule has 41 heavy (non-hydrogen) atoms. The lowest BCUT2D eigenvalue weighted by molar-refractivity contribution is 0.298. The van der Waals surface area contributed by atoms with Crippen LogP contribution >= 0.6 is 7.82 Å². The summed E-state index contributed by atoms with van der Waals surface area (Å²) >= 11 is 0. The first-order chi connectivity index (χ1) is 20.2. The van der Waals surface area contributed by atoms with E-state index in [-0.39, 0.29) is 0 Å². The molecule has 0 bridgehead atoms. The molecule has 0 aliphatic carbocycles. The van der Waals surface area contributed by atoms with Gasteiger partial charge in [0.25, 0.3) is 0 Å². The molecule has 3 rings (SSSR count). The molecule has 0 fully saturated rings. The Kier molecular flexibility index (Phi) is 16.2. The Labute approximate surface area is 249 Å². The number of rotatable bonds is 23. The van der Waals surface area contributed by atoms with Crippen molar-refractivity contribution < 1.29 is 18.1 Å². The maximum atomic E-state index is 13.6. The molecule has 3 aromatic rings. The molecule has 0 saturated heterocycles. The minimum Gasteiger partial charge on any atom is -0.386 e. The molecule has 0 radical (unpaired) electrons. The quantitative estimate of drug-likeness (QED) is 0.0829. The maximum absolute atomic E-state index is 13.6. The molecule has 0 aromatic heterocycles. The largest absolute Gasteiger partial charge is 0.647 e. The molecule has 0 heterocycles. The van der Waals surface area contributed by atoms with Gasteiger partial charge in [-0.2, -0.15) is 4.57 Å². The highest BCUT2D eigenvalue weighted by atomic mass is 31.2. The number of phosphoric ester groups is 1. The highest BCUT2D eigenvalue weighted by Gasteiger charge is 2.33. The summed E-state index contributed by atoms with van der Waals surface area (Å²) in [7, 11) is -3.95. The lowest BCUT2D eigenvalue weighted by Gasteiger charge is -2.19. The summed E-state index contributed by atoms with van der Waals surface area (Å²) in [4.78, 5) is 0. The molecular weight excluding hydrogens is 527 g/mol. The summed E-state index contributed by atoms with van der Waals surface area (Å²) in [6.07, 6.45) is 23.1. The lowest BCUT2D eigenvalue weighted by atomic mass is 10.0. The number of unbranched alkanes of at least 4 members (excludes halogenated alkanes) is 15. The van der Waals surface area contributed by atoms with Crippen molar-refractivity contribution in [2.75, 3.05) is 0 Å². The van der Waals surface area contributed by atoms with Gasteiger partial charge in [0.05, 0.1) is 0 Å². The summed E-state index contributed by atoms with van der Waals surface area (Å²) in [5.74, 6) is 1.30. The predicted molar refractivity (Wildman–Crippen MR) is 172 cm³/mol. The summed E-state index contributed by atoms with van der Waals surface area (Å²) < 4.78 is 30.8. The average Bonchev–Trinajstić information content (AvgIpc) is 2.98. The van der Waals surface area contributed by atoms with Crippen LogP contribution in [-0.4, -0.2) is 0 Å². The Balaban J connectivity index is 1.28. The Morgan fingerprint density at radius 3 is 1.17 bits per heavy atom. The molecule has 3 aromatic carbocycles. The topological polar surface area (TPSA) is 44.8 Å². The van der Waals surface area contributed by atoms with Crippen LogP contribution in [0.5, 0.6) is 17.2 Å². The highest BCUT2D eigenvalue weighted by molar-refractivity contribution is 7.49. The summed E-state index contributed by atoms with van der Waals surface area (Å²) in [6.45, 7) is 2.28. The van der Waals surface area contributed by atoms with Crippen LogP contribution in [0, 0.1) is 0 Å². The predicted octanol–water partition coefficient (Wildman–Crippen LogP) is 12.1. The van der Waals surface area contributed by atoms with Crippen LogP contribution < -0.4 is 13.6 Å². The van der Waals surface area contributed by atoms with Crippen molar-refractivity contribution in [1.82, 2.24) is 0 Å². The van der Waals surface area contributed by atoms with Crippen molar-refractivity contribution in [3.63, 3.8) is 0 Å². The third kappa shape index (κ3) is 14.7. The highest BCUT2D eigenvalue weighted by Crippen LogP contribution is 2.49. The zero-order valence-corrected chi connectivity index (χ0v) is 26.1. The second-order valence-corrected chi connectivity index (χ2v) is 12.5. The molecule has 0 aliphatic heterocycles. The SMILES string of the molecule is CCCCCCCCCCCCCCCCCCc1ccc(OP(=O)(Oc2ccccc2)Oc2ccccc2)cc1. The fourth-order valence-corrected chi connectivity index (χ4v) is 6.25. The minimum absolute atomic E-state index is 0.423. The molecule has 0 N–H and O–H groups in total. The second kappa shape index (κ2) is 20.2. The smallest absolute Gasteiger partial charge is 0.386 e. The van der Waals surface area contributed by atoms with E-state index in [1.165, 1.54) is 108 Å².